The minimum Gasteiger partial charge on any atom is -0.347 e. The van der Waals surface area contributed by atoms with Crippen molar-refractivity contribution in [2.45, 2.75) is 46.1 Å². The van der Waals surface area contributed by atoms with Gasteiger partial charge in [-0.3, -0.25) is 9.59 Å². The number of amides is 2. The van der Waals surface area contributed by atoms with Crippen LogP contribution in [0.5, 0.6) is 0 Å². The van der Waals surface area contributed by atoms with E-state index in [4.69, 9.17) is 0 Å². The largest absolute Gasteiger partial charge is 0.347 e. The summed E-state index contributed by atoms with van der Waals surface area (Å²) in [6, 6.07) is 1.86. The van der Waals surface area contributed by atoms with Gasteiger partial charge in [-0.25, -0.2) is 0 Å². The summed E-state index contributed by atoms with van der Waals surface area (Å²) in [5.41, 5.74) is 0.642. The number of carbonyl (C=O) groups is 2. The van der Waals surface area contributed by atoms with Gasteiger partial charge in [0.05, 0.1) is 9.88 Å². The van der Waals surface area contributed by atoms with E-state index in [9.17, 15) is 9.59 Å². The highest BCUT2D eigenvalue weighted by atomic mass is 32.1. The molecular weight excluding hydrogens is 260 g/mol. The van der Waals surface area contributed by atoms with Crippen LogP contribution in [0.1, 0.15) is 48.8 Å². The van der Waals surface area contributed by atoms with Crippen molar-refractivity contribution in [1.29, 1.82) is 0 Å². The minimum atomic E-state index is -0.259. The van der Waals surface area contributed by atoms with Gasteiger partial charge in [0, 0.05) is 11.5 Å². The first-order valence-corrected chi connectivity index (χ1v) is 7.32. The summed E-state index contributed by atoms with van der Waals surface area (Å²) in [5.74, 6) is 0.167. The van der Waals surface area contributed by atoms with Crippen molar-refractivity contribution in [1.82, 2.24) is 5.32 Å². The zero-order valence-electron chi connectivity index (χ0n) is 11.8. The van der Waals surface area contributed by atoms with Crippen molar-refractivity contribution in [2.75, 3.05) is 5.32 Å². The van der Waals surface area contributed by atoms with Gasteiger partial charge in [-0.1, -0.05) is 0 Å². The Balaban J connectivity index is 2.07. The summed E-state index contributed by atoms with van der Waals surface area (Å²) in [7, 11) is 0. The highest BCUT2D eigenvalue weighted by molar-refractivity contribution is 7.18. The highest BCUT2D eigenvalue weighted by Gasteiger charge is 2.30. The number of anilines is 1. The molecule has 0 spiro atoms. The molecule has 0 bridgehead atoms. The predicted octanol–water partition coefficient (Wildman–Crippen LogP) is 2.93. The van der Waals surface area contributed by atoms with Gasteiger partial charge in [0.1, 0.15) is 0 Å². The summed E-state index contributed by atoms with van der Waals surface area (Å²) in [4.78, 5) is 24.5. The zero-order chi connectivity index (χ0) is 14.2. The van der Waals surface area contributed by atoms with Crippen LogP contribution >= 0.6 is 11.3 Å². The maximum absolute atomic E-state index is 12.1. The maximum Gasteiger partial charge on any atom is 0.262 e. The van der Waals surface area contributed by atoms with Crippen molar-refractivity contribution in [3.8, 4) is 0 Å². The molecule has 1 aliphatic carbocycles. The van der Waals surface area contributed by atoms with Crippen molar-refractivity contribution in [3.63, 3.8) is 0 Å². The molecule has 0 saturated heterocycles. The van der Waals surface area contributed by atoms with Crippen LogP contribution in [0.3, 0.4) is 0 Å². The fourth-order valence-electron chi connectivity index (χ4n) is 1.74. The van der Waals surface area contributed by atoms with Crippen LogP contribution in [0, 0.1) is 12.8 Å². The lowest BCUT2D eigenvalue weighted by Crippen LogP contribution is -2.40. The van der Waals surface area contributed by atoms with E-state index in [1.807, 2.05) is 33.8 Å². The second-order valence-corrected chi connectivity index (χ2v) is 7.14. The van der Waals surface area contributed by atoms with Crippen LogP contribution in [0.15, 0.2) is 6.07 Å². The molecule has 0 unspecified atom stereocenters. The van der Waals surface area contributed by atoms with E-state index in [1.165, 1.54) is 11.3 Å². The summed E-state index contributed by atoms with van der Waals surface area (Å²) in [5, 5.41) is 6.58. The first-order valence-electron chi connectivity index (χ1n) is 6.50. The SMILES string of the molecule is Cc1cc(NC(=O)C2CC2)sc1C(=O)NC(C)(C)C. The molecule has 19 heavy (non-hydrogen) atoms. The number of aryl methyl sites for hydroxylation is 1. The Morgan fingerprint density at radius 2 is 1.95 bits per heavy atom. The van der Waals surface area contributed by atoms with Crippen LogP contribution in [0.4, 0.5) is 5.00 Å². The number of hydrogen-bond donors (Lipinski definition) is 2. The number of rotatable bonds is 3. The maximum atomic E-state index is 12.1. The Morgan fingerprint density at radius 1 is 1.32 bits per heavy atom. The van der Waals surface area contributed by atoms with Crippen LogP contribution in [-0.2, 0) is 4.79 Å². The molecule has 1 saturated carbocycles. The molecule has 1 aliphatic rings. The minimum absolute atomic E-state index is 0.0732. The molecule has 1 aromatic heterocycles. The summed E-state index contributed by atoms with van der Waals surface area (Å²) in [6.07, 6.45) is 1.96. The van der Waals surface area contributed by atoms with Crippen LogP contribution in [0.2, 0.25) is 0 Å². The topological polar surface area (TPSA) is 58.2 Å². The monoisotopic (exact) mass is 280 g/mol. The molecule has 2 amide bonds. The average molecular weight is 280 g/mol. The van der Waals surface area contributed by atoms with Gasteiger partial charge in [0.2, 0.25) is 5.91 Å². The summed E-state index contributed by atoms with van der Waals surface area (Å²) < 4.78 is 0. The number of thiophene rings is 1. The molecule has 1 aromatic rings. The Labute approximate surface area is 117 Å². The molecule has 4 nitrogen and oxygen atoms in total. The average Bonchev–Trinajstić information content (AvgIpc) is 3.01. The van der Waals surface area contributed by atoms with E-state index in [-0.39, 0.29) is 23.3 Å². The Hall–Kier alpha value is -1.36. The molecule has 0 aliphatic heterocycles. The quantitative estimate of drug-likeness (QED) is 0.894. The molecule has 0 atom stereocenters. The van der Waals surface area contributed by atoms with Crippen LogP contribution in [0.25, 0.3) is 0 Å². The van der Waals surface area contributed by atoms with Gasteiger partial charge >= 0.3 is 0 Å². The number of nitrogens with one attached hydrogen (secondary N) is 2. The van der Waals surface area contributed by atoms with Crippen molar-refractivity contribution >= 4 is 28.2 Å². The van der Waals surface area contributed by atoms with E-state index in [0.717, 1.165) is 23.4 Å². The molecule has 0 aromatic carbocycles. The molecule has 0 radical (unpaired) electrons. The molecule has 1 heterocycles. The second kappa shape index (κ2) is 4.96. The third-order valence-corrected chi connectivity index (χ3v) is 3.96. The molecule has 1 fully saturated rings. The van der Waals surface area contributed by atoms with Gasteiger partial charge in [0.15, 0.2) is 0 Å². The normalized spacial score (nSPS) is 15.2. The fraction of sp³-hybridized carbons (Fsp3) is 0.571. The molecule has 104 valence electrons. The Bertz CT molecular complexity index is 510. The Kier molecular flexibility index (Phi) is 3.67. The number of hydrogen-bond acceptors (Lipinski definition) is 3. The van der Waals surface area contributed by atoms with Gasteiger partial charge in [-0.05, 0) is 52.2 Å². The first kappa shape index (κ1) is 14.1. The molecular formula is C14H20N2O2S. The third kappa shape index (κ3) is 3.80. The highest BCUT2D eigenvalue weighted by Crippen LogP contribution is 2.32. The van der Waals surface area contributed by atoms with Gasteiger partial charge in [0.25, 0.3) is 5.91 Å². The molecule has 5 heteroatoms. The summed E-state index contributed by atoms with van der Waals surface area (Å²) in [6.45, 7) is 7.73. The van der Waals surface area contributed by atoms with E-state index < -0.39 is 0 Å². The van der Waals surface area contributed by atoms with Gasteiger partial charge in [-0.15, -0.1) is 11.3 Å². The second-order valence-electron chi connectivity index (χ2n) is 6.09. The molecule has 2 N–H and O–H groups in total. The van der Waals surface area contributed by atoms with Crippen LogP contribution < -0.4 is 10.6 Å². The third-order valence-electron chi connectivity index (χ3n) is 2.81. The Morgan fingerprint density at radius 3 is 2.47 bits per heavy atom. The van der Waals surface area contributed by atoms with E-state index in [0.29, 0.717) is 4.88 Å². The number of carbonyl (C=O) groups excluding carboxylic acids is 2. The first-order chi connectivity index (χ1) is 8.76. The zero-order valence-corrected chi connectivity index (χ0v) is 12.6. The van der Waals surface area contributed by atoms with E-state index in [1.54, 1.807) is 0 Å². The molecule has 2 rings (SSSR count). The van der Waals surface area contributed by atoms with E-state index >= 15 is 0 Å². The predicted molar refractivity (Wildman–Crippen MR) is 77.6 cm³/mol. The van der Waals surface area contributed by atoms with Crippen molar-refractivity contribution in [2.24, 2.45) is 5.92 Å². The lowest BCUT2D eigenvalue weighted by Gasteiger charge is -2.20. The standard InChI is InChI=1S/C14H20N2O2S/c1-8-7-10(15-12(17)9-5-6-9)19-11(8)13(18)16-14(2,3)4/h7,9H,5-6H2,1-4H3,(H,15,17)(H,16,18). The summed E-state index contributed by atoms with van der Waals surface area (Å²) >= 11 is 1.34. The lowest BCUT2D eigenvalue weighted by atomic mass is 10.1. The lowest BCUT2D eigenvalue weighted by molar-refractivity contribution is -0.117. The smallest absolute Gasteiger partial charge is 0.262 e. The van der Waals surface area contributed by atoms with Crippen LogP contribution in [-0.4, -0.2) is 17.4 Å². The fourth-order valence-corrected chi connectivity index (χ4v) is 2.71. The van der Waals surface area contributed by atoms with Gasteiger partial charge in [-0.2, -0.15) is 0 Å². The van der Waals surface area contributed by atoms with Crippen molar-refractivity contribution < 1.29 is 9.59 Å². The van der Waals surface area contributed by atoms with Crippen molar-refractivity contribution in [3.05, 3.63) is 16.5 Å². The van der Waals surface area contributed by atoms with Gasteiger partial charge < -0.3 is 10.6 Å². The van der Waals surface area contributed by atoms with E-state index in [2.05, 4.69) is 10.6 Å².